The van der Waals surface area contributed by atoms with Crippen LogP contribution in [-0.4, -0.2) is 15.7 Å². The Morgan fingerprint density at radius 1 is 1.27 bits per heavy atom. The zero-order valence-electron chi connectivity index (χ0n) is 10.4. The maximum atomic E-state index is 12.7. The summed E-state index contributed by atoms with van der Waals surface area (Å²) in [6, 6.07) is 2.60. The van der Waals surface area contributed by atoms with Crippen LogP contribution in [0.5, 0.6) is 0 Å². The van der Waals surface area contributed by atoms with Crippen molar-refractivity contribution >= 4 is 47.7 Å². The highest BCUT2D eigenvalue weighted by atomic mass is 35.5. The summed E-state index contributed by atoms with van der Waals surface area (Å²) in [6.07, 6.45) is -4.60. The van der Waals surface area contributed by atoms with E-state index < -0.39 is 17.6 Å². The van der Waals surface area contributed by atoms with Crippen LogP contribution in [0.4, 0.5) is 19.0 Å². The topological polar surface area (TPSA) is 72.9 Å². The summed E-state index contributed by atoms with van der Waals surface area (Å²) in [4.78, 5) is 11.4. The average Bonchev–Trinajstić information content (AvgIpc) is 2.78. The van der Waals surface area contributed by atoms with Gasteiger partial charge in [-0.1, -0.05) is 36.0 Å². The van der Waals surface area contributed by atoms with Crippen molar-refractivity contribution in [3.63, 3.8) is 0 Å². The number of rotatable bonds is 2. The molecule has 2 rings (SSSR count). The molecule has 0 aliphatic rings. The lowest BCUT2D eigenvalue weighted by atomic mass is 10.2. The summed E-state index contributed by atoms with van der Waals surface area (Å²) >= 11 is 15.3. The summed E-state index contributed by atoms with van der Waals surface area (Å²) in [6.45, 7) is 0. The predicted molar refractivity (Wildman–Crippen MR) is 79.5 cm³/mol. The predicted octanol–water partition coefficient (Wildman–Crippen LogP) is 3.35. The van der Waals surface area contributed by atoms with Crippen LogP contribution in [0.25, 0.3) is 5.69 Å². The molecule has 0 unspecified atom stereocenters. The van der Waals surface area contributed by atoms with Crippen LogP contribution in [-0.2, 0) is 6.18 Å². The van der Waals surface area contributed by atoms with E-state index in [-0.39, 0.29) is 27.2 Å². The molecule has 0 saturated carbocycles. The summed E-state index contributed by atoms with van der Waals surface area (Å²) in [7, 11) is 0. The Kier molecular flexibility index (Phi) is 4.50. The van der Waals surface area contributed by atoms with Crippen molar-refractivity contribution in [2.24, 2.45) is 0 Å². The molecule has 0 aliphatic heterocycles. The first-order chi connectivity index (χ1) is 10.1. The Labute approximate surface area is 137 Å². The van der Waals surface area contributed by atoms with Crippen LogP contribution in [0, 0.1) is 0 Å². The number of nitrogens with zero attached hydrogens (tertiary/aromatic N) is 2. The van der Waals surface area contributed by atoms with Gasteiger partial charge in [-0.15, -0.1) is 0 Å². The van der Waals surface area contributed by atoms with E-state index in [1.165, 1.54) is 6.07 Å². The number of benzene rings is 1. The molecule has 5 nitrogen and oxygen atoms in total. The minimum atomic E-state index is -4.60. The van der Waals surface area contributed by atoms with E-state index in [4.69, 9.17) is 28.9 Å². The Morgan fingerprint density at radius 2 is 1.82 bits per heavy atom. The minimum Gasteiger partial charge on any atom is -0.384 e. The van der Waals surface area contributed by atoms with Crippen molar-refractivity contribution in [1.82, 2.24) is 14.5 Å². The fourth-order valence-electron chi connectivity index (χ4n) is 1.67. The van der Waals surface area contributed by atoms with E-state index in [9.17, 15) is 18.0 Å². The highest BCUT2D eigenvalue weighted by molar-refractivity contribution is 7.78. The zero-order chi connectivity index (χ0) is 16.7. The fraction of sp³-hybridized carbons (Fsp3) is 0.0909. The molecule has 0 fully saturated rings. The van der Waals surface area contributed by atoms with Crippen molar-refractivity contribution < 1.29 is 18.0 Å². The van der Waals surface area contributed by atoms with Crippen LogP contribution in [0.15, 0.2) is 18.2 Å². The Balaban J connectivity index is 2.59. The number of thiol groups is 1. The van der Waals surface area contributed by atoms with Crippen molar-refractivity contribution in [1.29, 1.82) is 0 Å². The molecule has 0 spiro atoms. The summed E-state index contributed by atoms with van der Waals surface area (Å²) in [5.41, 5.74) is 4.51. The molecule has 1 aromatic carbocycles. The van der Waals surface area contributed by atoms with Crippen molar-refractivity contribution in [3.05, 3.63) is 39.5 Å². The molecule has 3 N–H and O–H groups in total. The normalized spacial score (nSPS) is 11.5. The smallest absolute Gasteiger partial charge is 0.384 e. The number of nitrogens with one attached hydrogen (secondary N) is 1. The van der Waals surface area contributed by atoms with E-state index >= 15 is 0 Å². The van der Waals surface area contributed by atoms with Crippen LogP contribution in [0.3, 0.4) is 0 Å². The third-order valence-electron chi connectivity index (χ3n) is 2.63. The highest BCUT2D eigenvalue weighted by Crippen LogP contribution is 2.38. The number of anilines is 1. The number of alkyl halides is 3. The van der Waals surface area contributed by atoms with Gasteiger partial charge in [-0.05, 0) is 12.1 Å². The molecule has 0 radical (unpaired) electrons. The quantitative estimate of drug-likeness (QED) is 0.709. The van der Waals surface area contributed by atoms with Gasteiger partial charge in [0.05, 0.1) is 15.6 Å². The molecule has 1 aromatic heterocycles. The summed E-state index contributed by atoms with van der Waals surface area (Å²) in [5, 5.41) is 3.22. The number of hydrogen-bond acceptors (Lipinski definition) is 4. The van der Waals surface area contributed by atoms with Crippen LogP contribution in [0.1, 0.15) is 16.1 Å². The maximum absolute atomic E-state index is 12.7. The first kappa shape index (κ1) is 16.8. The second-order valence-electron chi connectivity index (χ2n) is 4.09. The first-order valence-corrected chi connectivity index (χ1v) is 6.72. The third kappa shape index (κ3) is 3.11. The number of aromatic nitrogens is 2. The van der Waals surface area contributed by atoms with Crippen LogP contribution >= 0.6 is 36.0 Å². The standard InChI is InChI=1S/C11H7Cl2F3N4OS/c12-5-1-4(11(14,15)16)2-6(13)9(5)20-8(17)3-7(18-20)10(21)19-22/h1-3,22H,17H2,(H,19,21). The average molecular weight is 371 g/mol. The monoisotopic (exact) mass is 370 g/mol. The van der Waals surface area contributed by atoms with Gasteiger partial charge >= 0.3 is 6.18 Å². The maximum Gasteiger partial charge on any atom is 0.416 e. The second kappa shape index (κ2) is 5.90. The van der Waals surface area contributed by atoms with Crippen LogP contribution < -0.4 is 10.5 Å². The molecule has 118 valence electrons. The molecule has 1 heterocycles. The number of carbonyl (C=O) groups excluding carboxylic acids is 1. The fourth-order valence-corrected chi connectivity index (χ4v) is 2.44. The van der Waals surface area contributed by atoms with E-state index in [1.54, 1.807) is 0 Å². The molecule has 0 atom stereocenters. The first-order valence-electron chi connectivity index (χ1n) is 5.51. The molecule has 2 aromatic rings. The van der Waals surface area contributed by atoms with Gasteiger partial charge in [0.2, 0.25) is 0 Å². The number of carbonyl (C=O) groups is 1. The Morgan fingerprint density at radius 3 is 2.27 bits per heavy atom. The summed E-state index contributed by atoms with van der Waals surface area (Å²) in [5.74, 6) is -0.677. The number of hydrogen-bond donors (Lipinski definition) is 3. The third-order valence-corrected chi connectivity index (χ3v) is 3.41. The zero-order valence-corrected chi connectivity index (χ0v) is 12.9. The van der Waals surface area contributed by atoms with Gasteiger partial charge in [0.1, 0.15) is 11.5 Å². The van der Waals surface area contributed by atoms with Crippen molar-refractivity contribution in [2.75, 3.05) is 5.73 Å². The molecule has 22 heavy (non-hydrogen) atoms. The largest absolute Gasteiger partial charge is 0.416 e. The van der Waals surface area contributed by atoms with Gasteiger partial charge in [0, 0.05) is 6.07 Å². The molecule has 1 amide bonds. The van der Waals surface area contributed by atoms with Gasteiger partial charge in [0.15, 0.2) is 5.69 Å². The lowest BCUT2D eigenvalue weighted by Crippen LogP contribution is -2.14. The van der Waals surface area contributed by atoms with Gasteiger partial charge in [-0.3, -0.25) is 9.52 Å². The van der Waals surface area contributed by atoms with Crippen LogP contribution in [0.2, 0.25) is 10.0 Å². The molecule has 0 bridgehead atoms. The number of nitrogens with two attached hydrogens (primary N) is 1. The molecule has 0 saturated heterocycles. The van der Waals surface area contributed by atoms with Gasteiger partial charge < -0.3 is 5.73 Å². The highest BCUT2D eigenvalue weighted by Gasteiger charge is 2.32. The van der Waals surface area contributed by atoms with E-state index in [0.29, 0.717) is 12.1 Å². The minimum absolute atomic E-state index is 0.0320. The number of amides is 1. The summed E-state index contributed by atoms with van der Waals surface area (Å²) < 4.78 is 41.1. The molecule has 0 aliphatic carbocycles. The molecular weight excluding hydrogens is 364 g/mol. The second-order valence-corrected chi connectivity index (χ2v) is 5.13. The lowest BCUT2D eigenvalue weighted by molar-refractivity contribution is -0.137. The van der Waals surface area contributed by atoms with Gasteiger partial charge in [0.25, 0.3) is 5.91 Å². The van der Waals surface area contributed by atoms with E-state index in [2.05, 4.69) is 17.9 Å². The lowest BCUT2D eigenvalue weighted by Gasteiger charge is -2.13. The number of halogens is 5. The van der Waals surface area contributed by atoms with Gasteiger partial charge in [-0.2, -0.15) is 18.3 Å². The molecule has 11 heteroatoms. The van der Waals surface area contributed by atoms with E-state index in [0.717, 1.165) is 4.68 Å². The van der Waals surface area contributed by atoms with Gasteiger partial charge in [-0.25, -0.2) is 4.68 Å². The number of nitrogen functional groups attached to an aromatic ring is 1. The Bertz CT molecular complexity index is 724. The van der Waals surface area contributed by atoms with Crippen molar-refractivity contribution in [2.45, 2.75) is 6.18 Å². The SMILES string of the molecule is Nc1cc(C(=O)NS)nn1-c1c(Cl)cc(C(F)(F)F)cc1Cl. The Hall–Kier alpha value is -1.58. The van der Waals surface area contributed by atoms with Crippen molar-refractivity contribution in [3.8, 4) is 5.69 Å². The van der Waals surface area contributed by atoms with E-state index in [1.807, 2.05) is 4.72 Å². The molecular formula is C11H7Cl2F3N4OS.